The molecule has 1 aromatic carbocycles. The Kier molecular flexibility index (Phi) is 4.94. The summed E-state index contributed by atoms with van der Waals surface area (Å²) in [6.07, 6.45) is 2.69. The van der Waals surface area contributed by atoms with Gasteiger partial charge < -0.3 is 18.9 Å². The number of esters is 1. The van der Waals surface area contributed by atoms with Gasteiger partial charge in [-0.05, 0) is 36.8 Å². The first-order valence-electron chi connectivity index (χ1n) is 7.01. The number of carbonyl (C=O) groups is 1. The lowest BCUT2D eigenvalue weighted by atomic mass is 10.0. The molecule has 0 amide bonds. The van der Waals surface area contributed by atoms with Crippen LogP contribution in [0.5, 0.6) is 17.2 Å². The fraction of sp³-hybridized carbons (Fsp3) is 0.562. The van der Waals surface area contributed by atoms with Gasteiger partial charge in [0.2, 0.25) is 5.75 Å². The zero-order valence-electron chi connectivity index (χ0n) is 13.0. The summed E-state index contributed by atoms with van der Waals surface area (Å²) in [5.41, 5.74) is 1.06. The predicted molar refractivity (Wildman–Crippen MR) is 78.0 cm³/mol. The minimum Gasteiger partial charge on any atom is -0.493 e. The Balaban J connectivity index is 2.05. The SMILES string of the molecule is COC(=O)C1CC1CCc1ccc(OC)c(OC)c1OC. The summed E-state index contributed by atoms with van der Waals surface area (Å²) < 4.78 is 20.9. The molecule has 1 aromatic rings. The van der Waals surface area contributed by atoms with Crippen LogP contribution in [0.2, 0.25) is 0 Å². The highest BCUT2D eigenvalue weighted by Gasteiger charge is 2.43. The quantitative estimate of drug-likeness (QED) is 0.723. The van der Waals surface area contributed by atoms with Gasteiger partial charge in [0.25, 0.3) is 0 Å². The molecular weight excluding hydrogens is 272 g/mol. The maximum absolute atomic E-state index is 11.4. The minimum atomic E-state index is -0.0979. The summed E-state index contributed by atoms with van der Waals surface area (Å²) in [5.74, 6) is 2.34. The van der Waals surface area contributed by atoms with Crippen LogP contribution >= 0.6 is 0 Å². The molecule has 0 aliphatic heterocycles. The van der Waals surface area contributed by atoms with Crippen LogP contribution in [0.4, 0.5) is 0 Å². The Hall–Kier alpha value is -1.91. The molecule has 5 heteroatoms. The maximum atomic E-state index is 11.4. The van der Waals surface area contributed by atoms with Gasteiger partial charge in [-0.1, -0.05) is 6.07 Å². The number of rotatable bonds is 7. The Labute approximate surface area is 125 Å². The molecule has 2 rings (SSSR count). The number of methoxy groups -OCH3 is 4. The first-order valence-corrected chi connectivity index (χ1v) is 7.01. The Morgan fingerprint density at radius 3 is 2.38 bits per heavy atom. The monoisotopic (exact) mass is 294 g/mol. The lowest BCUT2D eigenvalue weighted by Gasteiger charge is -2.15. The lowest BCUT2D eigenvalue weighted by Crippen LogP contribution is -2.05. The molecule has 0 spiro atoms. The van der Waals surface area contributed by atoms with E-state index in [9.17, 15) is 4.79 Å². The Morgan fingerprint density at radius 1 is 1.10 bits per heavy atom. The highest BCUT2D eigenvalue weighted by molar-refractivity contribution is 5.75. The molecule has 1 saturated carbocycles. The molecule has 0 aromatic heterocycles. The van der Waals surface area contributed by atoms with Crippen molar-refractivity contribution >= 4 is 5.97 Å². The van der Waals surface area contributed by atoms with E-state index in [0.29, 0.717) is 23.2 Å². The lowest BCUT2D eigenvalue weighted by molar-refractivity contribution is -0.142. The number of hydrogen-bond donors (Lipinski definition) is 0. The second-order valence-corrected chi connectivity index (χ2v) is 5.16. The van der Waals surface area contributed by atoms with Gasteiger partial charge in [0.1, 0.15) is 0 Å². The standard InChI is InChI=1S/C16H22O5/c1-18-13-8-7-10(14(19-2)15(13)20-3)5-6-11-9-12(11)16(17)21-4/h7-8,11-12H,5-6,9H2,1-4H3. The summed E-state index contributed by atoms with van der Waals surface area (Å²) in [6, 6.07) is 3.86. The highest BCUT2D eigenvalue weighted by atomic mass is 16.5. The van der Waals surface area contributed by atoms with E-state index in [-0.39, 0.29) is 11.9 Å². The van der Waals surface area contributed by atoms with Crippen molar-refractivity contribution in [3.8, 4) is 17.2 Å². The molecule has 0 saturated heterocycles. The Morgan fingerprint density at radius 2 is 1.81 bits per heavy atom. The van der Waals surface area contributed by atoms with E-state index < -0.39 is 0 Å². The third kappa shape index (κ3) is 3.23. The van der Waals surface area contributed by atoms with Gasteiger partial charge in [0.05, 0.1) is 34.4 Å². The summed E-state index contributed by atoms with van der Waals surface area (Å²) in [5, 5.41) is 0. The zero-order chi connectivity index (χ0) is 15.4. The molecule has 2 atom stereocenters. The first kappa shape index (κ1) is 15.5. The van der Waals surface area contributed by atoms with Crippen molar-refractivity contribution < 1.29 is 23.7 Å². The zero-order valence-corrected chi connectivity index (χ0v) is 13.0. The van der Waals surface area contributed by atoms with E-state index in [1.54, 1.807) is 21.3 Å². The van der Waals surface area contributed by atoms with Gasteiger partial charge >= 0.3 is 5.97 Å². The van der Waals surface area contributed by atoms with E-state index in [0.717, 1.165) is 24.8 Å². The molecule has 116 valence electrons. The van der Waals surface area contributed by atoms with Crippen molar-refractivity contribution in [3.63, 3.8) is 0 Å². The minimum absolute atomic E-state index is 0.0705. The Bertz CT molecular complexity index is 512. The summed E-state index contributed by atoms with van der Waals surface area (Å²) >= 11 is 0. The number of carbonyl (C=O) groups excluding carboxylic acids is 1. The number of ether oxygens (including phenoxy) is 4. The van der Waals surface area contributed by atoms with Gasteiger partial charge in [-0.3, -0.25) is 4.79 Å². The summed E-state index contributed by atoms with van der Waals surface area (Å²) in [7, 11) is 6.25. The number of hydrogen-bond acceptors (Lipinski definition) is 5. The first-order chi connectivity index (χ1) is 10.2. The molecular formula is C16H22O5. The molecule has 0 radical (unpaired) electrons. The van der Waals surface area contributed by atoms with Crippen LogP contribution in [-0.4, -0.2) is 34.4 Å². The van der Waals surface area contributed by atoms with Crippen molar-refractivity contribution in [1.29, 1.82) is 0 Å². The molecule has 1 aliphatic carbocycles. The predicted octanol–water partition coefficient (Wildman–Crippen LogP) is 2.45. The normalized spacial score (nSPS) is 19.8. The molecule has 1 aliphatic rings. The fourth-order valence-corrected chi connectivity index (χ4v) is 2.71. The van der Waals surface area contributed by atoms with Gasteiger partial charge in [-0.15, -0.1) is 0 Å². The molecule has 21 heavy (non-hydrogen) atoms. The number of aryl methyl sites for hydroxylation is 1. The van der Waals surface area contributed by atoms with Crippen LogP contribution in [0.3, 0.4) is 0 Å². The van der Waals surface area contributed by atoms with Gasteiger partial charge in [0.15, 0.2) is 11.5 Å². The van der Waals surface area contributed by atoms with Crippen molar-refractivity contribution in [2.24, 2.45) is 11.8 Å². The number of benzene rings is 1. The second kappa shape index (κ2) is 6.70. The van der Waals surface area contributed by atoms with Crippen LogP contribution in [0.15, 0.2) is 12.1 Å². The molecule has 0 heterocycles. The van der Waals surface area contributed by atoms with Gasteiger partial charge in [0, 0.05) is 0 Å². The maximum Gasteiger partial charge on any atom is 0.308 e. The molecule has 0 N–H and O–H groups in total. The van der Waals surface area contributed by atoms with Gasteiger partial charge in [-0.25, -0.2) is 0 Å². The molecule has 0 bridgehead atoms. The van der Waals surface area contributed by atoms with Crippen molar-refractivity contribution in [2.75, 3.05) is 28.4 Å². The van der Waals surface area contributed by atoms with Crippen molar-refractivity contribution in [3.05, 3.63) is 17.7 Å². The van der Waals surface area contributed by atoms with Crippen molar-refractivity contribution in [2.45, 2.75) is 19.3 Å². The third-order valence-electron chi connectivity index (χ3n) is 4.00. The van der Waals surface area contributed by atoms with E-state index in [1.807, 2.05) is 12.1 Å². The fourth-order valence-electron chi connectivity index (χ4n) is 2.71. The average molecular weight is 294 g/mol. The van der Waals surface area contributed by atoms with Crippen LogP contribution in [0.25, 0.3) is 0 Å². The topological polar surface area (TPSA) is 54.0 Å². The second-order valence-electron chi connectivity index (χ2n) is 5.16. The van der Waals surface area contributed by atoms with Crippen molar-refractivity contribution in [1.82, 2.24) is 0 Å². The summed E-state index contributed by atoms with van der Waals surface area (Å²) in [4.78, 5) is 11.4. The van der Waals surface area contributed by atoms with E-state index >= 15 is 0 Å². The van der Waals surface area contributed by atoms with Crippen LogP contribution in [-0.2, 0) is 16.0 Å². The molecule has 2 unspecified atom stereocenters. The highest BCUT2D eigenvalue weighted by Crippen LogP contribution is 2.45. The van der Waals surface area contributed by atoms with E-state index in [4.69, 9.17) is 18.9 Å². The van der Waals surface area contributed by atoms with Gasteiger partial charge in [-0.2, -0.15) is 0 Å². The van der Waals surface area contributed by atoms with Crippen LogP contribution in [0, 0.1) is 11.8 Å². The average Bonchev–Trinajstić information content (AvgIpc) is 3.30. The smallest absolute Gasteiger partial charge is 0.308 e. The molecule has 1 fully saturated rings. The van der Waals surface area contributed by atoms with E-state index in [1.165, 1.54) is 7.11 Å². The largest absolute Gasteiger partial charge is 0.493 e. The van der Waals surface area contributed by atoms with Crippen LogP contribution in [0.1, 0.15) is 18.4 Å². The molecule has 5 nitrogen and oxygen atoms in total. The van der Waals surface area contributed by atoms with Crippen LogP contribution < -0.4 is 14.2 Å². The summed E-state index contributed by atoms with van der Waals surface area (Å²) in [6.45, 7) is 0. The van der Waals surface area contributed by atoms with E-state index in [2.05, 4.69) is 0 Å². The third-order valence-corrected chi connectivity index (χ3v) is 4.00.